The maximum atomic E-state index is 13.6. The van der Waals surface area contributed by atoms with Crippen LogP contribution >= 0.6 is 0 Å². The number of anilines is 1. The fourth-order valence-electron chi connectivity index (χ4n) is 6.75. The number of hydrogen-bond donors (Lipinski definition) is 1. The number of aromatic nitrogens is 3. The second-order valence-electron chi connectivity index (χ2n) is 11.8. The molecule has 1 N–H and O–H groups in total. The first-order valence-corrected chi connectivity index (χ1v) is 13.6. The van der Waals surface area contributed by atoms with Crippen molar-refractivity contribution in [2.45, 2.75) is 87.1 Å². The van der Waals surface area contributed by atoms with E-state index in [9.17, 15) is 13.2 Å². The van der Waals surface area contributed by atoms with Gasteiger partial charge in [-0.05, 0) is 88.2 Å². The molecule has 2 bridgehead atoms. The molecule has 1 aromatic carbocycles. The van der Waals surface area contributed by atoms with Crippen LogP contribution in [0.2, 0.25) is 0 Å². The van der Waals surface area contributed by atoms with E-state index in [4.69, 9.17) is 9.05 Å². The number of nitrogens with zero attached hydrogens (tertiary/aromatic N) is 3. The summed E-state index contributed by atoms with van der Waals surface area (Å²) in [6.45, 7) is 0.832. The summed E-state index contributed by atoms with van der Waals surface area (Å²) in [5.41, 5.74) is 0.939. The number of alkyl halides is 3. The Morgan fingerprint density at radius 2 is 1.78 bits per heavy atom. The molecule has 5 saturated carbocycles. The molecule has 1 unspecified atom stereocenters. The molecule has 3 aromatic rings. The van der Waals surface area contributed by atoms with Crippen LogP contribution in [0.1, 0.15) is 87.5 Å². The molecule has 2 aromatic heterocycles. The Kier molecular flexibility index (Phi) is 5.24. The van der Waals surface area contributed by atoms with Crippen molar-refractivity contribution in [3.8, 4) is 11.3 Å². The van der Waals surface area contributed by atoms with Crippen molar-refractivity contribution in [2.24, 2.45) is 11.8 Å². The van der Waals surface area contributed by atoms with Crippen molar-refractivity contribution in [3.63, 3.8) is 0 Å². The van der Waals surface area contributed by atoms with Crippen LogP contribution in [0, 0.1) is 11.8 Å². The second kappa shape index (κ2) is 8.33. The van der Waals surface area contributed by atoms with Crippen LogP contribution in [0.3, 0.4) is 0 Å². The summed E-state index contributed by atoms with van der Waals surface area (Å²) < 4.78 is 51.5. The normalized spacial score (nSPS) is 28.4. The van der Waals surface area contributed by atoms with Crippen molar-refractivity contribution >= 4 is 5.69 Å². The summed E-state index contributed by atoms with van der Waals surface area (Å²) in [7, 11) is 0. The lowest BCUT2D eigenvalue weighted by molar-refractivity contribution is -0.166. The zero-order valence-corrected chi connectivity index (χ0v) is 20.7. The maximum absolute atomic E-state index is 13.6. The summed E-state index contributed by atoms with van der Waals surface area (Å²) in [4.78, 5) is 4.39. The Labute approximate surface area is 213 Å². The van der Waals surface area contributed by atoms with Gasteiger partial charge in [0.25, 0.3) is 0 Å². The zero-order valence-electron chi connectivity index (χ0n) is 20.7. The molecule has 5 aliphatic carbocycles. The number of hydrogen-bond acceptors (Lipinski definition) is 6. The lowest BCUT2D eigenvalue weighted by Gasteiger charge is -2.49. The summed E-state index contributed by atoms with van der Waals surface area (Å²) in [6.07, 6.45) is 4.06. The minimum Gasteiger partial charge on any atom is -0.385 e. The molecule has 0 saturated heterocycles. The minimum absolute atomic E-state index is 0.0425. The molecule has 0 spiro atoms. The SMILES string of the molecule is FC(F)(F)C1(c2nc(C34CCC(CC3)C(CCNc3cccc(-c5cc(C6CC6)no5)c3)C4)no2)CC1. The predicted octanol–water partition coefficient (Wildman–Crippen LogP) is 7.15. The second-order valence-corrected chi connectivity index (χ2v) is 11.8. The number of benzene rings is 1. The molecule has 9 heteroatoms. The van der Waals surface area contributed by atoms with Crippen molar-refractivity contribution in [3.05, 3.63) is 47.7 Å². The van der Waals surface area contributed by atoms with E-state index in [1.165, 1.54) is 12.8 Å². The van der Waals surface area contributed by atoms with Gasteiger partial charge in [-0.15, -0.1) is 0 Å². The first-order valence-electron chi connectivity index (χ1n) is 13.6. The van der Waals surface area contributed by atoms with E-state index >= 15 is 0 Å². The summed E-state index contributed by atoms with van der Waals surface area (Å²) in [5, 5.41) is 11.9. The molecule has 5 fully saturated rings. The van der Waals surface area contributed by atoms with E-state index in [1.807, 2.05) is 12.1 Å². The molecule has 196 valence electrons. The van der Waals surface area contributed by atoms with E-state index in [2.05, 4.69) is 38.8 Å². The van der Waals surface area contributed by atoms with Gasteiger partial charge in [0.05, 0.1) is 5.69 Å². The number of nitrogens with one attached hydrogen (secondary N) is 1. The van der Waals surface area contributed by atoms with Crippen LogP contribution in [-0.4, -0.2) is 28.0 Å². The largest absolute Gasteiger partial charge is 0.403 e. The van der Waals surface area contributed by atoms with Gasteiger partial charge in [0.2, 0.25) is 5.89 Å². The summed E-state index contributed by atoms with van der Waals surface area (Å²) in [6, 6.07) is 10.3. The summed E-state index contributed by atoms with van der Waals surface area (Å²) in [5.74, 6) is 2.78. The van der Waals surface area contributed by atoms with Gasteiger partial charge in [-0.25, -0.2) is 0 Å². The van der Waals surface area contributed by atoms with Crippen molar-refractivity contribution < 1.29 is 22.2 Å². The Morgan fingerprint density at radius 3 is 2.51 bits per heavy atom. The lowest BCUT2D eigenvalue weighted by atomic mass is 9.55. The van der Waals surface area contributed by atoms with Gasteiger partial charge < -0.3 is 14.4 Å². The third kappa shape index (κ3) is 4.05. The van der Waals surface area contributed by atoms with Crippen LogP contribution in [0.15, 0.2) is 39.4 Å². The van der Waals surface area contributed by atoms with Crippen LogP contribution < -0.4 is 5.32 Å². The highest BCUT2D eigenvalue weighted by Crippen LogP contribution is 2.59. The van der Waals surface area contributed by atoms with E-state index < -0.39 is 11.6 Å². The van der Waals surface area contributed by atoms with Gasteiger partial charge in [0, 0.05) is 35.2 Å². The van der Waals surface area contributed by atoms with Crippen LogP contribution in [0.5, 0.6) is 0 Å². The molecular formula is C28H31F3N4O2. The lowest BCUT2D eigenvalue weighted by Crippen LogP contribution is -2.44. The minimum atomic E-state index is -4.34. The molecule has 0 amide bonds. The first kappa shape index (κ1) is 23.3. The first-order chi connectivity index (χ1) is 17.9. The molecule has 0 aliphatic heterocycles. The van der Waals surface area contributed by atoms with Crippen molar-refractivity contribution in [1.82, 2.24) is 15.3 Å². The Bertz CT molecular complexity index is 1280. The van der Waals surface area contributed by atoms with E-state index in [-0.39, 0.29) is 24.1 Å². The van der Waals surface area contributed by atoms with Gasteiger partial charge >= 0.3 is 6.18 Å². The third-order valence-electron chi connectivity index (χ3n) is 9.42. The van der Waals surface area contributed by atoms with Gasteiger partial charge in [0.15, 0.2) is 11.6 Å². The van der Waals surface area contributed by atoms with Gasteiger partial charge in [-0.3, -0.25) is 0 Å². The smallest absolute Gasteiger partial charge is 0.385 e. The monoisotopic (exact) mass is 512 g/mol. The van der Waals surface area contributed by atoms with Gasteiger partial charge in [-0.2, -0.15) is 18.2 Å². The number of fused-ring (bicyclic) bond motifs is 3. The molecule has 8 rings (SSSR count). The third-order valence-corrected chi connectivity index (χ3v) is 9.42. The van der Waals surface area contributed by atoms with Crippen molar-refractivity contribution in [2.75, 3.05) is 11.9 Å². The molecule has 6 nitrogen and oxygen atoms in total. The average Bonchev–Trinajstić information content (AvgIpc) is 3.81. The summed E-state index contributed by atoms with van der Waals surface area (Å²) >= 11 is 0. The quantitative estimate of drug-likeness (QED) is 0.346. The number of halogens is 3. The fraction of sp³-hybridized carbons (Fsp3) is 0.607. The molecule has 2 heterocycles. The fourth-order valence-corrected chi connectivity index (χ4v) is 6.75. The Balaban J connectivity index is 1.00. The van der Waals surface area contributed by atoms with E-state index in [1.54, 1.807) is 0 Å². The zero-order chi connectivity index (χ0) is 25.3. The van der Waals surface area contributed by atoms with Gasteiger partial charge in [0.1, 0.15) is 5.41 Å². The van der Waals surface area contributed by atoms with Gasteiger partial charge in [-0.1, -0.05) is 22.4 Å². The maximum Gasteiger partial charge on any atom is 0.403 e. The van der Waals surface area contributed by atoms with E-state index in [0.29, 0.717) is 23.6 Å². The van der Waals surface area contributed by atoms with Crippen LogP contribution in [-0.2, 0) is 10.8 Å². The number of rotatable bonds is 8. The predicted molar refractivity (Wildman–Crippen MR) is 130 cm³/mol. The highest BCUT2D eigenvalue weighted by Gasteiger charge is 2.68. The van der Waals surface area contributed by atoms with Crippen molar-refractivity contribution in [1.29, 1.82) is 0 Å². The van der Waals surface area contributed by atoms with Crippen LogP contribution in [0.25, 0.3) is 11.3 Å². The average molecular weight is 513 g/mol. The molecule has 5 aliphatic rings. The molecule has 1 atom stereocenters. The Hall–Kier alpha value is -2.84. The molecule has 0 radical (unpaired) electrons. The standard InChI is InChI=1S/C28H31F3N4O2/c29-28(30,31)27(11-12-27)25-33-24(35-37-25)26-9-6-17(7-10-26)20(16-26)8-13-32-21-3-1-2-19(14-21)23-15-22(34-36-23)18-4-5-18/h1-3,14-15,17-18,20,32H,4-13,16H2. The van der Waals surface area contributed by atoms with Crippen LogP contribution in [0.4, 0.5) is 18.9 Å². The topological polar surface area (TPSA) is 77.0 Å². The highest BCUT2D eigenvalue weighted by molar-refractivity contribution is 5.64. The molecule has 37 heavy (non-hydrogen) atoms. The van der Waals surface area contributed by atoms with E-state index in [0.717, 1.165) is 67.8 Å². The molecular weight excluding hydrogens is 481 g/mol. The Morgan fingerprint density at radius 1 is 0.973 bits per heavy atom. The highest BCUT2D eigenvalue weighted by atomic mass is 19.4.